The summed E-state index contributed by atoms with van der Waals surface area (Å²) in [6, 6.07) is 15.9. The van der Waals surface area contributed by atoms with Crippen LogP contribution in [0.5, 0.6) is 5.75 Å². The number of Topliss-reactive ketones (excluding diaryl/α,β-unsaturated/α-hetero) is 1. The van der Waals surface area contributed by atoms with Gasteiger partial charge in [0.2, 0.25) is 5.91 Å². The molecule has 1 aliphatic rings. The number of alkyl carbamates (subject to hydrolysis) is 1. The van der Waals surface area contributed by atoms with Crippen molar-refractivity contribution in [2.24, 2.45) is 11.8 Å². The van der Waals surface area contributed by atoms with Crippen molar-refractivity contribution < 1.29 is 23.9 Å². The quantitative estimate of drug-likeness (QED) is 0.552. The molecule has 1 N–H and O–H groups in total. The number of piperidine rings is 1. The average Bonchev–Trinajstić information content (AvgIpc) is 2.90. The Hall–Kier alpha value is -3.35. The largest absolute Gasteiger partial charge is 0.497 e. The van der Waals surface area contributed by atoms with Gasteiger partial charge in [0.25, 0.3) is 0 Å². The molecular weight excluding hydrogens is 432 g/mol. The molecule has 0 aromatic heterocycles. The fraction of sp³-hybridized carbons (Fsp3) is 0.444. The van der Waals surface area contributed by atoms with E-state index in [1.165, 1.54) is 0 Å². The van der Waals surface area contributed by atoms with E-state index in [0.717, 1.165) is 12.0 Å². The van der Waals surface area contributed by atoms with Crippen molar-refractivity contribution in [2.75, 3.05) is 20.2 Å². The Morgan fingerprint density at radius 3 is 2.26 bits per heavy atom. The fourth-order valence-corrected chi connectivity index (χ4v) is 4.12. The number of benzene rings is 2. The van der Waals surface area contributed by atoms with E-state index in [1.807, 2.05) is 44.2 Å². The number of ether oxygens (including phenoxy) is 2. The minimum Gasteiger partial charge on any atom is -0.497 e. The number of rotatable bonds is 9. The molecule has 0 spiro atoms. The van der Waals surface area contributed by atoms with Crippen molar-refractivity contribution in [1.29, 1.82) is 0 Å². The summed E-state index contributed by atoms with van der Waals surface area (Å²) < 4.78 is 10.5. The van der Waals surface area contributed by atoms with Crippen molar-refractivity contribution in [3.8, 4) is 5.75 Å². The minimum absolute atomic E-state index is 0.0459. The molecular formula is C27H34N2O5. The third-order valence-corrected chi connectivity index (χ3v) is 6.52. The molecule has 2 aromatic carbocycles. The molecule has 7 heteroatoms. The number of carbonyl (C=O) groups excluding carboxylic acids is 3. The maximum atomic E-state index is 13.3. The molecule has 182 valence electrons. The van der Waals surface area contributed by atoms with E-state index in [4.69, 9.17) is 9.47 Å². The van der Waals surface area contributed by atoms with Gasteiger partial charge in [0.1, 0.15) is 18.4 Å². The monoisotopic (exact) mass is 466 g/mol. The van der Waals surface area contributed by atoms with E-state index in [0.29, 0.717) is 37.2 Å². The van der Waals surface area contributed by atoms with Crippen LogP contribution >= 0.6 is 0 Å². The van der Waals surface area contributed by atoms with Gasteiger partial charge in [-0.3, -0.25) is 9.59 Å². The van der Waals surface area contributed by atoms with Gasteiger partial charge in [0.05, 0.1) is 7.11 Å². The van der Waals surface area contributed by atoms with E-state index in [-0.39, 0.29) is 30.1 Å². The van der Waals surface area contributed by atoms with Crippen LogP contribution in [0.25, 0.3) is 0 Å². The Balaban J connectivity index is 1.55. The highest BCUT2D eigenvalue weighted by Gasteiger charge is 2.34. The Kier molecular flexibility index (Phi) is 9.08. The maximum Gasteiger partial charge on any atom is 0.408 e. The van der Waals surface area contributed by atoms with Crippen molar-refractivity contribution in [2.45, 2.75) is 45.8 Å². The van der Waals surface area contributed by atoms with Crippen molar-refractivity contribution in [3.63, 3.8) is 0 Å². The predicted molar refractivity (Wildman–Crippen MR) is 130 cm³/mol. The lowest BCUT2D eigenvalue weighted by molar-refractivity contribution is -0.135. The molecule has 1 saturated heterocycles. The van der Waals surface area contributed by atoms with Crippen molar-refractivity contribution in [3.05, 3.63) is 65.7 Å². The summed E-state index contributed by atoms with van der Waals surface area (Å²) in [6.07, 6.45) is 1.33. The zero-order valence-electron chi connectivity index (χ0n) is 20.2. The summed E-state index contributed by atoms with van der Waals surface area (Å²) in [6.45, 7) is 5.05. The van der Waals surface area contributed by atoms with Crippen LogP contribution in [-0.4, -0.2) is 48.9 Å². The van der Waals surface area contributed by atoms with Crippen molar-refractivity contribution in [1.82, 2.24) is 10.2 Å². The molecule has 0 radical (unpaired) electrons. The van der Waals surface area contributed by atoms with Crippen molar-refractivity contribution >= 4 is 17.8 Å². The third-order valence-electron chi connectivity index (χ3n) is 6.52. The number of nitrogens with zero attached hydrogens (tertiary/aromatic N) is 1. The second kappa shape index (κ2) is 12.2. The number of nitrogens with one attached hydrogen (secondary N) is 1. The summed E-state index contributed by atoms with van der Waals surface area (Å²) in [5, 5.41) is 2.77. The summed E-state index contributed by atoms with van der Waals surface area (Å²) >= 11 is 0. The Labute approximate surface area is 201 Å². The minimum atomic E-state index is -0.665. The summed E-state index contributed by atoms with van der Waals surface area (Å²) in [4.78, 5) is 40.3. The summed E-state index contributed by atoms with van der Waals surface area (Å²) in [7, 11) is 1.59. The second-order valence-electron chi connectivity index (χ2n) is 8.76. The van der Waals surface area contributed by atoms with Crippen LogP contribution in [0.4, 0.5) is 4.79 Å². The van der Waals surface area contributed by atoms with E-state index in [2.05, 4.69) is 5.32 Å². The number of amides is 2. The normalized spacial score (nSPS) is 15.8. The van der Waals surface area contributed by atoms with Crippen LogP contribution in [0.1, 0.15) is 49.0 Å². The van der Waals surface area contributed by atoms with E-state index >= 15 is 0 Å². The molecule has 0 bridgehead atoms. The van der Waals surface area contributed by atoms with Gasteiger partial charge in [-0.05, 0) is 48.6 Å². The first-order chi connectivity index (χ1) is 16.4. The van der Waals surface area contributed by atoms with Crippen LogP contribution in [0.3, 0.4) is 0 Å². The van der Waals surface area contributed by atoms with Gasteiger partial charge in [0.15, 0.2) is 5.78 Å². The number of ketones is 1. The molecule has 1 fully saturated rings. The fourth-order valence-electron chi connectivity index (χ4n) is 4.12. The standard InChI is InChI=1S/C27H34N2O5/c1-4-19(2)24(28-27(32)34-18-20-8-6-5-7-9-20)26(31)29-16-14-22(15-17-29)25(30)21-10-12-23(33-3)13-11-21/h5-13,19,22,24H,4,14-18H2,1-3H3,(H,28,32)/t19-,24-/m0/s1. The molecule has 34 heavy (non-hydrogen) atoms. The molecule has 1 aliphatic heterocycles. The molecule has 7 nitrogen and oxygen atoms in total. The highest BCUT2D eigenvalue weighted by molar-refractivity contribution is 5.98. The lowest BCUT2D eigenvalue weighted by atomic mass is 9.88. The number of carbonyl (C=O) groups is 3. The van der Waals surface area contributed by atoms with Crippen LogP contribution in [-0.2, 0) is 16.1 Å². The molecule has 0 aliphatic carbocycles. The molecule has 1 heterocycles. The summed E-state index contributed by atoms with van der Waals surface area (Å²) in [5.41, 5.74) is 1.54. The first-order valence-electron chi connectivity index (χ1n) is 11.9. The SMILES string of the molecule is CC[C@H](C)[C@H](NC(=O)OCc1ccccc1)C(=O)N1CCC(C(=O)c2ccc(OC)cc2)CC1. The number of methoxy groups -OCH3 is 1. The molecule has 0 saturated carbocycles. The van der Waals surface area contributed by atoms with Gasteiger partial charge >= 0.3 is 6.09 Å². The van der Waals surface area contributed by atoms with Gasteiger partial charge in [0, 0.05) is 24.6 Å². The molecule has 2 aromatic rings. The molecule has 0 unspecified atom stereocenters. The Bertz CT molecular complexity index is 953. The van der Waals surface area contributed by atoms with Crippen LogP contribution < -0.4 is 10.1 Å². The highest BCUT2D eigenvalue weighted by atomic mass is 16.5. The van der Waals surface area contributed by atoms with Crippen LogP contribution in [0, 0.1) is 11.8 Å². The molecule has 2 atom stereocenters. The van der Waals surface area contributed by atoms with Gasteiger partial charge in [-0.1, -0.05) is 50.6 Å². The van der Waals surface area contributed by atoms with Gasteiger partial charge in [-0.25, -0.2) is 4.79 Å². The number of hydrogen-bond donors (Lipinski definition) is 1. The van der Waals surface area contributed by atoms with Gasteiger partial charge < -0.3 is 19.7 Å². The number of hydrogen-bond acceptors (Lipinski definition) is 5. The summed E-state index contributed by atoms with van der Waals surface area (Å²) in [5.74, 6) is 0.513. The number of likely N-dealkylation sites (tertiary alicyclic amines) is 1. The Morgan fingerprint density at radius 2 is 1.68 bits per heavy atom. The Morgan fingerprint density at radius 1 is 1.03 bits per heavy atom. The first kappa shape index (κ1) is 25.3. The average molecular weight is 467 g/mol. The maximum absolute atomic E-state index is 13.3. The zero-order chi connectivity index (χ0) is 24.5. The zero-order valence-corrected chi connectivity index (χ0v) is 20.2. The van der Waals surface area contributed by atoms with Crippen LogP contribution in [0.2, 0.25) is 0 Å². The predicted octanol–water partition coefficient (Wildman–Crippen LogP) is 4.46. The van der Waals surface area contributed by atoms with Crippen LogP contribution in [0.15, 0.2) is 54.6 Å². The van der Waals surface area contributed by atoms with Gasteiger partial charge in [-0.15, -0.1) is 0 Å². The first-order valence-corrected chi connectivity index (χ1v) is 11.9. The highest BCUT2D eigenvalue weighted by Crippen LogP contribution is 2.24. The second-order valence-corrected chi connectivity index (χ2v) is 8.76. The van der Waals surface area contributed by atoms with E-state index in [9.17, 15) is 14.4 Å². The topological polar surface area (TPSA) is 84.9 Å². The lowest BCUT2D eigenvalue weighted by Gasteiger charge is -2.35. The van der Waals surface area contributed by atoms with E-state index < -0.39 is 12.1 Å². The molecule has 3 rings (SSSR count). The molecule has 2 amide bonds. The van der Waals surface area contributed by atoms with E-state index in [1.54, 1.807) is 36.3 Å². The third kappa shape index (κ3) is 6.59. The lowest BCUT2D eigenvalue weighted by Crippen LogP contribution is -2.53. The smallest absolute Gasteiger partial charge is 0.408 e. The van der Waals surface area contributed by atoms with Gasteiger partial charge in [-0.2, -0.15) is 0 Å².